The van der Waals surface area contributed by atoms with Gasteiger partial charge in [0.05, 0.1) is 29.9 Å². The molecule has 0 spiro atoms. The van der Waals surface area contributed by atoms with Crippen molar-refractivity contribution in [2.45, 2.75) is 13.8 Å². The molecular formula is C22H21N5OS. The summed E-state index contributed by atoms with van der Waals surface area (Å²) in [6.45, 7) is 4.87. The van der Waals surface area contributed by atoms with Crippen LogP contribution in [0.2, 0.25) is 0 Å². The van der Waals surface area contributed by atoms with Gasteiger partial charge in [-0.25, -0.2) is 9.98 Å². The van der Waals surface area contributed by atoms with Gasteiger partial charge in [0, 0.05) is 11.6 Å². The van der Waals surface area contributed by atoms with Crippen molar-refractivity contribution < 1.29 is 4.74 Å². The molecule has 0 fully saturated rings. The third-order valence-electron chi connectivity index (χ3n) is 4.17. The van der Waals surface area contributed by atoms with Crippen molar-refractivity contribution in [2.75, 3.05) is 23.8 Å². The fourth-order valence-electron chi connectivity index (χ4n) is 2.84. The molecular weight excluding hydrogens is 382 g/mol. The van der Waals surface area contributed by atoms with Crippen molar-refractivity contribution in [1.29, 1.82) is 5.26 Å². The van der Waals surface area contributed by atoms with Crippen LogP contribution in [0.15, 0.2) is 53.5 Å². The first-order chi connectivity index (χ1) is 14.1. The normalized spacial score (nSPS) is 10.7. The summed E-state index contributed by atoms with van der Waals surface area (Å²) in [5.74, 6) is 1.25. The molecule has 0 saturated heterocycles. The third-order valence-corrected chi connectivity index (χ3v) is 4.37. The number of anilines is 2. The van der Waals surface area contributed by atoms with E-state index in [0.717, 1.165) is 27.9 Å². The molecule has 0 amide bonds. The fraction of sp³-hybridized carbons (Fsp3) is 0.182. The van der Waals surface area contributed by atoms with Crippen LogP contribution in [-0.4, -0.2) is 29.5 Å². The van der Waals surface area contributed by atoms with E-state index in [-0.39, 0.29) is 0 Å². The number of thiocarbonyl (C=S) groups is 1. The number of ether oxygens (including phenoxy) is 1. The number of hydrogen-bond donors (Lipinski definition) is 2. The minimum atomic E-state index is 0.321. The van der Waals surface area contributed by atoms with E-state index >= 15 is 0 Å². The van der Waals surface area contributed by atoms with E-state index in [2.05, 4.69) is 26.7 Å². The molecule has 1 aromatic heterocycles. The molecule has 6 nitrogen and oxygen atoms in total. The molecule has 2 aromatic carbocycles. The monoisotopic (exact) mass is 403 g/mol. The van der Waals surface area contributed by atoms with Gasteiger partial charge in [-0.05, 0) is 49.8 Å². The maximum atomic E-state index is 9.42. The van der Waals surface area contributed by atoms with E-state index in [1.54, 1.807) is 6.21 Å². The summed E-state index contributed by atoms with van der Waals surface area (Å²) in [7, 11) is 0. The molecule has 3 aromatic rings. The maximum Gasteiger partial charge on any atom is 0.197 e. The van der Waals surface area contributed by atoms with E-state index in [4.69, 9.17) is 17.0 Å². The number of aromatic nitrogens is 1. The number of benzene rings is 2. The Labute approximate surface area is 175 Å². The Kier molecular flexibility index (Phi) is 6.72. The van der Waals surface area contributed by atoms with Crippen LogP contribution in [0.5, 0.6) is 5.75 Å². The highest BCUT2D eigenvalue weighted by Crippen LogP contribution is 2.24. The van der Waals surface area contributed by atoms with Crippen LogP contribution in [0, 0.1) is 18.3 Å². The van der Waals surface area contributed by atoms with Gasteiger partial charge in [0.2, 0.25) is 0 Å². The summed E-state index contributed by atoms with van der Waals surface area (Å²) in [6.07, 6.45) is 1.64. The summed E-state index contributed by atoms with van der Waals surface area (Å²) in [4.78, 5) is 8.84. The standard InChI is InChI=1S/C22H21N5OS/c1-3-28-19-10-5-4-9-18(19)26-22(29)25-12-11-24-21-17(14-23)13-16-8-6-7-15(2)20(16)27-21/h4-10,12-13H,3,11H2,1-2H3,(H,24,27)(H,26,29). The number of hydrogen-bond acceptors (Lipinski definition) is 5. The van der Waals surface area contributed by atoms with Crippen LogP contribution >= 0.6 is 12.2 Å². The SMILES string of the molecule is CCOc1ccccc1NC(=S)N=CCNc1nc2c(C)cccc2cc1C#N. The van der Waals surface area contributed by atoms with E-state index in [1.165, 1.54) is 0 Å². The summed E-state index contributed by atoms with van der Waals surface area (Å²) in [6, 6.07) is 17.5. The lowest BCUT2D eigenvalue weighted by molar-refractivity contribution is 0.342. The van der Waals surface area contributed by atoms with Gasteiger partial charge in [-0.3, -0.25) is 0 Å². The molecule has 0 aliphatic rings. The van der Waals surface area contributed by atoms with Crippen molar-refractivity contribution in [3.05, 3.63) is 59.7 Å². The summed E-state index contributed by atoms with van der Waals surface area (Å²) in [5, 5.41) is 16.9. The van der Waals surface area contributed by atoms with E-state index in [0.29, 0.717) is 29.6 Å². The molecule has 1 heterocycles. The minimum absolute atomic E-state index is 0.321. The largest absolute Gasteiger partial charge is 0.492 e. The number of para-hydroxylation sites is 3. The molecule has 0 radical (unpaired) electrons. The highest BCUT2D eigenvalue weighted by atomic mass is 32.1. The number of rotatable bonds is 6. The second-order valence-electron chi connectivity index (χ2n) is 6.19. The van der Waals surface area contributed by atoms with Crippen LogP contribution in [0.3, 0.4) is 0 Å². The molecule has 146 valence electrons. The lowest BCUT2D eigenvalue weighted by Gasteiger charge is -2.11. The first-order valence-electron chi connectivity index (χ1n) is 9.22. The molecule has 0 bridgehead atoms. The van der Waals surface area contributed by atoms with E-state index < -0.39 is 0 Å². The van der Waals surface area contributed by atoms with Gasteiger partial charge in [0.15, 0.2) is 5.11 Å². The zero-order valence-electron chi connectivity index (χ0n) is 16.3. The van der Waals surface area contributed by atoms with E-state index in [9.17, 15) is 5.26 Å². The molecule has 0 saturated carbocycles. The first kappa shape index (κ1) is 20.2. The van der Waals surface area contributed by atoms with Gasteiger partial charge in [-0.15, -0.1) is 0 Å². The number of aryl methyl sites for hydroxylation is 1. The van der Waals surface area contributed by atoms with Crippen LogP contribution in [0.1, 0.15) is 18.1 Å². The highest BCUT2D eigenvalue weighted by molar-refractivity contribution is 7.80. The second-order valence-corrected chi connectivity index (χ2v) is 6.58. The Hall–Kier alpha value is -3.50. The second kappa shape index (κ2) is 9.62. The number of nitrogens with one attached hydrogen (secondary N) is 2. The number of aliphatic imine (C=N–C) groups is 1. The Bertz CT molecular complexity index is 1100. The average molecular weight is 404 g/mol. The van der Waals surface area contributed by atoms with E-state index in [1.807, 2.05) is 62.4 Å². The molecule has 0 atom stereocenters. The Morgan fingerprint density at radius 1 is 1.28 bits per heavy atom. The maximum absolute atomic E-state index is 9.42. The van der Waals surface area contributed by atoms with Gasteiger partial charge >= 0.3 is 0 Å². The molecule has 0 unspecified atom stereocenters. The molecule has 7 heteroatoms. The molecule has 0 aliphatic heterocycles. The molecule has 2 N–H and O–H groups in total. The summed E-state index contributed by atoms with van der Waals surface area (Å²) >= 11 is 5.28. The number of pyridine rings is 1. The van der Waals surface area contributed by atoms with Crippen LogP contribution in [0.25, 0.3) is 10.9 Å². The highest BCUT2D eigenvalue weighted by Gasteiger charge is 2.07. The number of nitrogens with zero attached hydrogens (tertiary/aromatic N) is 3. The van der Waals surface area contributed by atoms with Gasteiger partial charge in [-0.1, -0.05) is 30.3 Å². The van der Waals surface area contributed by atoms with Gasteiger partial charge in [-0.2, -0.15) is 5.26 Å². The molecule has 3 rings (SSSR count). The minimum Gasteiger partial charge on any atom is -0.492 e. The smallest absolute Gasteiger partial charge is 0.197 e. The third kappa shape index (κ3) is 5.06. The molecule has 29 heavy (non-hydrogen) atoms. The topological polar surface area (TPSA) is 82.3 Å². The van der Waals surface area contributed by atoms with Crippen LogP contribution in [-0.2, 0) is 0 Å². The van der Waals surface area contributed by atoms with Crippen molar-refractivity contribution in [2.24, 2.45) is 4.99 Å². The quantitative estimate of drug-likeness (QED) is 0.459. The average Bonchev–Trinajstić information content (AvgIpc) is 2.73. The summed E-state index contributed by atoms with van der Waals surface area (Å²) in [5.41, 5.74) is 3.18. The Morgan fingerprint density at radius 3 is 2.90 bits per heavy atom. The molecule has 0 aliphatic carbocycles. The Balaban J connectivity index is 1.65. The van der Waals surface area contributed by atoms with Crippen LogP contribution < -0.4 is 15.4 Å². The fourth-order valence-corrected chi connectivity index (χ4v) is 3.02. The Morgan fingerprint density at radius 2 is 2.10 bits per heavy atom. The predicted octanol–water partition coefficient (Wildman–Crippen LogP) is 4.69. The zero-order valence-corrected chi connectivity index (χ0v) is 17.1. The van der Waals surface area contributed by atoms with Crippen molar-refractivity contribution in [3.8, 4) is 11.8 Å². The van der Waals surface area contributed by atoms with Crippen molar-refractivity contribution in [1.82, 2.24) is 4.98 Å². The lowest BCUT2D eigenvalue weighted by Crippen LogP contribution is -2.11. The first-order valence-corrected chi connectivity index (χ1v) is 9.63. The van der Waals surface area contributed by atoms with Gasteiger partial charge < -0.3 is 15.4 Å². The van der Waals surface area contributed by atoms with Gasteiger partial charge in [0.25, 0.3) is 0 Å². The van der Waals surface area contributed by atoms with Crippen molar-refractivity contribution in [3.63, 3.8) is 0 Å². The zero-order chi connectivity index (χ0) is 20.6. The number of fused-ring (bicyclic) bond motifs is 1. The van der Waals surface area contributed by atoms with Crippen LogP contribution in [0.4, 0.5) is 11.5 Å². The predicted molar refractivity (Wildman–Crippen MR) is 122 cm³/mol. The van der Waals surface area contributed by atoms with Gasteiger partial charge in [0.1, 0.15) is 17.6 Å². The lowest BCUT2D eigenvalue weighted by atomic mass is 10.1. The summed E-state index contributed by atoms with van der Waals surface area (Å²) < 4.78 is 5.57. The van der Waals surface area contributed by atoms with Crippen molar-refractivity contribution >= 4 is 46.0 Å². The number of nitriles is 1.